The number of hydrogen-bond acceptors (Lipinski definition) is 7. The Hall–Kier alpha value is -4.34. The molecule has 0 fully saturated rings. The van der Waals surface area contributed by atoms with Gasteiger partial charge in [-0.15, -0.1) is 0 Å². The number of aromatic nitrogens is 2. The van der Waals surface area contributed by atoms with E-state index in [-0.39, 0.29) is 19.2 Å². The Balaban J connectivity index is 1.37. The molecule has 0 bridgehead atoms. The van der Waals surface area contributed by atoms with Gasteiger partial charge in [0, 0.05) is 24.2 Å². The Morgan fingerprint density at radius 2 is 1.85 bits per heavy atom. The van der Waals surface area contributed by atoms with Crippen LogP contribution >= 0.6 is 0 Å². The molecule has 0 spiro atoms. The SMILES string of the molecule is CC(=O)NCCOc1ccc(NC(=O)Cn2nc(-c3ccc4c(c3)OCO4)ccc2=O)cc1. The highest BCUT2D eigenvalue weighted by Crippen LogP contribution is 2.35. The molecule has 170 valence electrons. The molecule has 0 aliphatic carbocycles. The lowest BCUT2D eigenvalue weighted by Crippen LogP contribution is -2.29. The number of anilines is 1. The van der Waals surface area contributed by atoms with Crippen LogP contribution in [0.3, 0.4) is 0 Å². The summed E-state index contributed by atoms with van der Waals surface area (Å²) in [4.78, 5) is 35.5. The van der Waals surface area contributed by atoms with Gasteiger partial charge in [-0.1, -0.05) is 0 Å². The Bertz CT molecular complexity index is 1220. The maximum Gasteiger partial charge on any atom is 0.267 e. The molecule has 10 nitrogen and oxygen atoms in total. The van der Waals surface area contributed by atoms with E-state index in [0.29, 0.717) is 41.8 Å². The van der Waals surface area contributed by atoms with Crippen LogP contribution < -0.4 is 30.4 Å². The fraction of sp³-hybridized carbons (Fsp3) is 0.217. The molecule has 2 N–H and O–H groups in total. The first-order chi connectivity index (χ1) is 16.0. The van der Waals surface area contributed by atoms with E-state index >= 15 is 0 Å². The number of benzene rings is 2. The van der Waals surface area contributed by atoms with E-state index in [1.807, 2.05) is 6.07 Å². The van der Waals surface area contributed by atoms with Gasteiger partial charge in [-0.25, -0.2) is 4.68 Å². The van der Waals surface area contributed by atoms with Gasteiger partial charge in [0.05, 0.1) is 12.2 Å². The molecular weight excluding hydrogens is 428 g/mol. The summed E-state index contributed by atoms with van der Waals surface area (Å²) in [6.45, 7) is 2.09. The summed E-state index contributed by atoms with van der Waals surface area (Å²) in [5, 5.41) is 9.69. The summed E-state index contributed by atoms with van der Waals surface area (Å²) < 4.78 is 17.3. The monoisotopic (exact) mass is 450 g/mol. The zero-order valence-corrected chi connectivity index (χ0v) is 17.9. The van der Waals surface area contributed by atoms with Crippen LogP contribution in [0.4, 0.5) is 5.69 Å². The van der Waals surface area contributed by atoms with E-state index in [2.05, 4.69) is 15.7 Å². The molecule has 0 saturated carbocycles. The largest absolute Gasteiger partial charge is 0.492 e. The van der Waals surface area contributed by atoms with E-state index in [1.54, 1.807) is 42.5 Å². The second-order valence-electron chi connectivity index (χ2n) is 7.19. The first-order valence-corrected chi connectivity index (χ1v) is 10.2. The zero-order chi connectivity index (χ0) is 23.2. The second kappa shape index (κ2) is 9.86. The molecule has 1 aliphatic heterocycles. The Morgan fingerprint density at radius 3 is 2.64 bits per heavy atom. The molecule has 0 unspecified atom stereocenters. The summed E-state index contributed by atoms with van der Waals surface area (Å²) in [5.41, 5.74) is 1.43. The van der Waals surface area contributed by atoms with Gasteiger partial charge >= 0.3 is 0 Å². The third-order valence-electron chi connectivity index (χ3n) is 4.71. The number of rotatable bonds is 8. The summed E-state index contributed by atoms with van der Waals surface area (Å²) in [6.07, 6.45) is 0. The van der Waals surface area contributed by atoms with Crippen molar-refractivity contribution in [3.05, 3.63) is 65.0 Å². The molecule has 1 aromatic heterocycles. The van der Waals surface area contributed by atoms with Gasteiger partial charge in [-0.3, -0.25) is 14.4 Å². The minimum absolute atomic E-state index is 0.119. The number of nitrogens with one attached hydrogen (secondary N) is 2. The van der Waals surface area contributed by atoms with Crippen molar-refractivity contribution >= 4 is 17.5 Å². The Morgan fingerprint density at radius 1 is 1.06 bits per heavy atom. The maximum absolute atomic E-state index is 12.5. The number of ether oxygens (including phenoxy) is 3. The quantitative estimate of drug-likeness (QED) is 0.502. The highest BCUT2D eigenvalue weighted by atomic mass is 16.7. The molecule has 2 aromatic carbocycles. The van der Waals surface area contributed by atoms with Crippen LogP contribution in [0.5, 0.6) is 17.2 Å². The van der Waals surface area contributed by atoms with Crippen LogP contribution in [0.1, 0.15) is 6.92 Å². The van der Waals surface area contributed by atoms with Gasteiger partial charge in [0.2, 0.25) is 18.6 Å². The fourth-order valence-electron chi connectivity index (χ4n) is 3.14. The average Bonchev–Trinajstić information content (AvgIpc) is 3.27. The van der Waals surface area contributed by atoms with Crippen molar-refractivity contribution in [1.82, 2.24) is 15.1 Å². The predicted octanol–water partition coefficient (Wildman–Crippen LogP) is 1.79. The highest BCUT2D eigenvalue weighted by molar-refractivity contribution is 5.90. The molecule has 2 heterocycles. The topological polar surface area (TPSA) is 121 Å². The first-order valence-electron chi connectivity index (χ1n) is 10.2. The summed E-state index contributed by atoms with van der Waals surface area (Å²) in [5.74, 6) is 1.34. The third kappa shape index (κ3) is 5.67. The molecule has 0 radical (unpaired) electrons. The molecule has 1 aliphatic rings. The summed E-state index contributed by atoms with van der Waals surface area (Å²) in [6, 6.07) is 15.1. The van der Waals surface area contributed by atoms with Crippen molar-refractivity contribution in [2.45, 2.75) is 13.5 Å². The fourth-order valence-corrected chi connectivity index (χ4v) is 3.14. The Kier molecular flexibility index (Phi) is 6.53. The lowest BCUT2D eigenvalue weighted by atomic mass is 10.1. The van der Waals surface area contributed by atoms with Crippen molar-refractivity contribution in [2.75, 3.05) is 25.3 Å². The molecule has 10 heteroatoms. The molecule has 4 rings (SSSR count). The van der Waals surface area contributed by atoms with Gasteiger partial charge < -0.3 is 24.8 Å². The second-order valence-corrected chi connectivity index (χ2v) is 7.19. The average molecular weight is 450 g/mol. The van der Waals surface area contributed by atoms with Crippen LogP contribution in [0.15, 0.2) is 59.4 Å². The van der Waals surface area contributed by atoms with Crippen molar-refractivity contribution in [3.63, 3.8) is 0 Å². The third-order valence-corrected chi connectivity index (χ3v) is 4.71. The van der Waals surface area contributed by atoms with Crippen LogP contribution in [-0.2, 0) is 16.1 Å². The van der Waals surface area contributed by atoms with E-state index in [0.717, 1.165) is 10.2 Å². The van der Waals surface area contributed by atoms with E-state index in [4.69, 9.17) is 14.2 Å². The lowest BCUT2D eigenvalue weighted by molar-refractivity contribution is -0.119. The number of fused-ring (bicyclic) bond motifs is 1. The van der Waals surface area contributed by atoms with E-state index < -0.39 is 11.5 Å². The van der Waals surface area contributed by atoms with Crippen LogP contribution in [0.2, 0.25) is 0 Å². The van der Waals surface area contributed by atoms with Crippen molar-refractivity contribution < 1.29 is 23.8 Å². The molecule has 33 heavy (non-hydrogen) atoms. The van der Waals surface area contributed by atoms with Crippen molar-refractivity contribution in [2.24, 2.45) is 0 Å². The van der Waals surface area contributed by atoms with Gasteiger partial charge in [0.1, 0.15) is 18.9 Å². The van der Waals surface area contributed by atoms with E-state index in [1.165, 1.54) is 13.0 Å². The molecule has 0 saturated heterocycles. The summed E-state index contributed by atoms with van der Waals surface area (Å²) >= 11 is 0. The van der Waals surface area contributed by atoms with Gasteiger partial charge in [0.25, 0.3) is 5.56 Å². The van der Waals surface area contributed by atoms with E-state index in [9.17, 15) is 14.4 Å². The maximum atomic E-state index is 12.5. The predicted molar refractivity (Wildman–Crippen MR) is 119 cm³/mol. The number of nitrogens with zero attached hydrogens (tertiary/aromatic N) is 2. The van der Waals surface area contributed by atoms with Crippen molar-refractivity contribution in [1.29, 1.82) is 0 Å². The first kappa shape index (κ1) is 21.9. The van der Waals surface area contributed by atoms with Gasteiger partial charge in [0.15, 0.2) is 11.5 Å². The highest BCUT2D eigenvalue weighted by Gasteiger charge is 2.15. The number of carbonyl (C=O) groups is 2. The lowest BCUT2D eigenvalue weighted by Gasteiger charge is -2.10. The molecule has 2 amide bonds. The minimum atomic E-state index is -0.397. The number of carbonyl (C=O) groups excluding carboxylic acids is 2. The molecular formula is C23H22N4O6. The zero-order valence-electron chi connectivity index (χ0n) is 17.9. The Labute approximate surface area is 189 Å². The standard InChI is InChI=1S/C23H22N4O6/c1-15(28)24-10-11-31-18-5-3-17(4-6-18)25-22(29)13-27-23(30)9-7-19(26-27)16-2-8-20-21(12-16)33-14-32-20/h2-9,12H,10-11,13-14H2,1H3,(H,24,28)(H,25,29). The summed E-state index contributed by atoms with van der Waals surface area (Å²) in [7, 11) is 0. The normalized spacial score (nSPS) is 11.7. The van der Waals surface area contributed by atoms with Crippen molar-refractivity contribution in [3.8, 4) is 28.5 Å². The smallest absolute Gasteiger partial charge is 0.267 e. The van der Waals surface area contributed by atoms with Gasteiger partial charge in [-0.05, 0) is 48.5 Å². The number of hydrogen-bond donors (Lipinski definition) is 2. The number of amides is 2. The molecule has 3 aromatic rings. The van der Waals surface area contributed by atoms with Crippen LogP contribution in [0, 0.1) is 0 Å². The minimum Gasteiger partial charge on any atom is -0.492 e. The van der Waals surface area contributed by atoms with Gasteiger partial charge in [-0.2, -0.15) is 5.10 Å². The van der Waals surface area contributed by atoms with Crippen LogP contribution in [-0.4, -0.2) is 41.5 Å². The van der Waals surface area contributed by atoms with Crippen LogP contribution in [0.25, 0.3) is 11.3 Å². The molecule has 0 atom stereocenters.